The molecule has 0 saturated heterocycles. The molecule has 5 heteroatoms. The average Bonchev–Trinajstić information content (AvgIpc) is 2.82. The zero-order valence-electron chi connectivity index (χ0n) is 9.11. The predicted octanol–water partition coefficient (Wildman–Crippen LogP) is 1.41. The number of rotatable bonds is 2. The van der Waals surface area contributed by atoms with E-state index in [-0.39, 0.29) is 0 Å². The summed E-state index contributed by atoms with van der Waals surface area (Å²) in [6.45, 7) is 0.363. The molecule has 0 atom stereocenters. The van der Waals surface area contributed by atoms with Gasteiger partial charge < -0.3 is 10.3 Å². The molecule has 0 saturated carbocycles. The Kier molecular flexibility index (Phi) is 2.31. The molecule has 5 nitrogen and oxygen atoms in total. The fourth-order valence-electron chi connectivity index (χ4n) is 1.82. The molecule has 0 spiro atoms. The molecule has 84 valence electrons. The fraction of sp³-hybridized carbons (Fsp3) is 0.0833. The quantitative estimate of drug-likeness (QED) is 0.715. The van der Waals surface area contributed by atoms with Gasteiger partial charge in [-0.1, -0.05) is 30.3 Å². The van der Waals surface area contributed by atoms with Crippen molar-refractivity contribution in [2.75, 3.05) is 0 Å². The highest BCUT2D eigenvalue weighted by Crippen LogP contribution is 2.23. The van der Waals surface area contributed by atoms with Crippen molar-refractivity contribution in [2.45, 2.75) is 6.67 Å². The minimum Gasteiger partial charge on any atom is -0.314 e. The van der Waals surface area contributed by atoms with Gasteiger partial charge in [0.15, 0.2) is 5.65 Å². The molecule has 0 aliphatic rings. The molecule has 0 fully saturated rings. The number of nitrogens with zero attached hydrogens (tertiary/aromatic N) is 4. The maximum Gasteiger partial charge on any atom is 0.164 e. The molecule has 0 unspecified atom stereocenters. The molecule has 3 rings (SSSR count). The summed E-state index contributed by atoms with van der Waals surface area (Å²) in [5.74, 6) is 0. The maximum absolute atomic E-state index is 5.61. The van der Waals surface area contributed by atoms with Crippen LogP contribution in [-0.2, 0) is 6.67 Å². The van der Waals surface area contributed by atoms with Crippen molar-refractivity contribution in [1.29, 1.82) is 0 Å². The van der Waals surface area contributed by atoms with Gasteiger partial charge >= 0.3 is 0 Å². The molecular formula is C12H11N5. The number of aromatic nitrogens is 4. The largest absolute Gasteiger partial charge is 0.314 e. The van der Waals surface area contributed by atoms with Gasteiger partial charge in [-0.2, -0.15) is 0 Å². The Morgan fingerprint density at radius 1 is 1.06 bits per heavy atom. The van der Waals surface area contributed by atoms with Gasteiger partial charge in [-0.15, -0.1) is 0 Å². The third kappa shape index (κ3) is 1.57. The third-order valence-corrected chi connectivity index (χ3v) is 2.65. The van der Waals surface area contributed by atoms with E-state index in [1.54, 1.807) is 17.2 Å². The van der Waals surface area contributed by atoms with Crippen molar-refractivity contribution in [2.24, 2.45) is 5.73 Å². The minimum atomic E-state index is 0.363. The maximum atomic E-state index is 5.61. The first-order chi connectivity index (χ1) is 8.40. The third-order valence-electron chi connectivity index (χ3n) is 2.65. The van der Waals surface area contributed by atoms with Crippen LogP contribution in [0.4, 0.5) is 0 Å². The number of fused-ring (bicyclic) bond motifs is 1. The summed E-state index contributed by atoms with van der Waals surface area (Å²) in [5.41, 5.74) is 9.02. The van der Waals surface area contributed by atoms with Gasteiger partial charge in [-0.05, 0) is 0 Å². The van der Waals surface area contributed by atoms with Crippen molar-refractivity contribution < 1.29 is 0 Å². The number of nitrogens with two attached hydrogens (primary N) is 1. The zero-order chi connectivity index (χ0) is 11.7. The molecule has 1 aromatic carbocycles. The van der Waals surface area contributed by atoms with Crippen molar-refractivity contribution in [3.05, 3.63) is 43.0 Å². The second kappa shape index (κ2) is 3.95. The van der Waals surface area contributed by atoms with Crippen LogP contribution < -0.4 is 5.73 Å². The van der Waals surface area contributed by atoms with E-state index in [2.05, 4.69) is 15.0 Å². The monoisotopic (exact) mass is 225 g/mol. The van der Waals surface area contributed by atoms with Gasteiger partial charge in [-0.25, -0.2) is 15.0 Å². The molecule has 17 heavy (non-hydrogen) atoms. The SMILES string of the molecule is NCn1cnc2c(-c3ccccc3)ncnc21. The predicted molar refractivity (Wildman–Crippen MR) is 64.9 cm³/mol. The van der Waals surface area contributed by atoms with Crippen LogP contribution in [0.1, 0.15) is 0 Å². The van der Waals surface area contributed by atoms with E-state index in [9.17, 15) is 0 Å². The highest BCUT2D eigenvalue weighted by molar-refractivity contribution is 5.86. The summed E-state index contributed by atoms with van der Waals surface area (Å²) in [4.78, 5) is 12.8. The van der Waals surface area contributed by atoms with E-state index in [0.717, 1.165) is 22.4 Å². The molecule has 2 heterocycles. The summed E-state index contributed by atoms with van der Waals surface area (Å²) in [7, 11) is 0. The van der Waals surface area contributed by atoms with Crippen LogP contribution in [0.25, 0.3) is 22.4 Å². The summed E-state index contributed by atoms with van der Waals surface area (Å²) >= 11 is 0. The first-order valence-corrected chi connectivity index (χ1v) is 5.31. The normalized spacial score (nSPS) is 10.9. The molecule has 0 radical (unpaired) electrons. The summed E-state index contributed by atoms with van der Waals surface area (Å²) in [6, 6.07) is 9.93. The summed E-state index contributed by atoms with van der Waals surface area (Å²) in [5, 5.41) is 0. The van der Waals surface area contributed by atoms with E-state index in [4.69, 9.17) is 5.73 Å². The minimum absolute atomic E-state index is 0.363. The Hall–Kier alpha value is -2.27. The molecule has 2 aromatic heterocycles. The molecule has 0 bridgehead atoms. The van der Waals surface area contributed by atoms with Crippen LogP contribution in [0.3, 0.4) is 0 Å². The van der Waals surface area contributed by atoms with Crippen LogP contribution in [0.2, 0.25) is 0 Å². The lowest BCUT2D eigenvalue weighted by molar-refractivity contribution is 0.746. The number of hydrogen-bond acceptors (Lipinski definition) is 4. The van der Waals surface area contributed by atoms with E-state index in [1.165, 1.54) is 0 Å². The molecule has 2 N–H and O–H groups in total. The zero-order valence-corrected chi connectivity index (χ0v) is 9.11. The first-order valence-electron chi connectivity index (χ1n) is 5.31. The second-order valence-corrected chi connectivity index (χ2v) is 3.66. The Bertz CT molecular complexity index is 644. The van der Waals surface area contributed by atoms with Crippen molar-refractivity contribution in [3.63, 3.8) is 0 Å². The molecule has 3 aromatic rings. The van der Waals surface area contributed by atoms with E-state index >= 15 is 0 Å². The lowest BCUT2D eigenvalue weighted by Gasteiger charge is -2.01. The Balaban J connectivity index is 2.28. The highest BCUT2D eigenvalue weighted by Gasteiger charge is 2.10. The Labute approximate surface area is 98.0 Å². The van der Waals surface area contributed by atoms with Gasteiger partial charge in [0, 0.05) is 5.56 Å². The molecule has 0 amide bonds. The molecule has 0 aliphatic heterocycles. The average molecular weight is 225 g/mol. The number of benzene rings is 1. The standard InChI is InChI=1S/C12H11N5/c13-6-17-8-16-11-10(14-7-15-12(11)17)9-4-2-1-3-5-9/h1-5,7-8H,6,13H2. The topological polar surface area (TPSA) is 69.6 Å². The van der Waals surface area contributed by atoms with Crippen molar-refractivity contribution >= 4 is 11.2 Å². The van der Waals surface area contributed by atoms with Crippen LogP contribution in [0.15, 0.2) is 43.0 Å². The highest BCUT2D eigenvalue weighted by atomic mass is 15.1. The fourth-order valence-corrected chi connectivity index (χ4v) is 1.82. The van der Waals surface area contributed by atoms with E-state index in [1.807, 2.05) is 30.3 Å². The second-order valence-electron chi connectivity index (χ2n) is 3.66. The van der Waals surface area contributed by atoms with E-state index < -0.39 is 0 Å². The number of hydrogen-bond donors (Lipinski definition) is 1. The summed E-state index contributed by atoms with van der Waals surface area (Å²) < 4.78 is 1.80. The van der Waals surface area contributed by atoms with Gasteiger partial charge in [0.25, 0.3) is 0 Å². The number of imidazole rings is 1. The lowest BCUT2D eigenvalue weighted by Crippen LogP contribution is -2.06. The van der Waals surface area contributed by atoms with Gasteiger partial charge in [0.05, 0.1) is 13.0 Å². The summed E-state index contributed by atoms with van der Waals surface area (Å²) in [6.07, 6.45) is 3.23. The Morgan fingerprint density at radius 2 is 1.88 bits per heavy atom. The van der Waals surface area contributed by atoms with Gasteiger partial charge in [-0.3, -0.25) is 0 Å². The van der Waals surface area contributed by atoms with Crippen molar-refractivity contribution in [1.82, 2.24) is 19.5 Å². The van der Waals surface area contributed by atoms with E-state index in [0.29, 0.717) is 6.67 Å². The van der Waals surface area contributed by atoms with Crippen LogP contribution in [-0.4, -0.2) is 19.5 Å². The van der Waals surface area contributed by atoms with Crippen molar-refractivity contribution in [3.8, 4) is 11.3 Å². The smallest absolute Gasteiger partial charge is 0.164 e. The van der Waals surface area contributed by atoms with Gasteiger partial charge in [0.2, 0.25) is 0 Å². The van der Waals surface area contributed by atoms with Gasteiger partial charge in [0.1, 0.15) is 17.5 Å². The van der Waals surface area contributed by atoms with Crippen LogP contribution in [0.5, 0.6) is 0 Å². The molecule has 0 aliphatic carbocycles. The lowest BCUT2D eigenvalue weighted by atomic mass is 10.1. The van der Waals surface area contributed by atoms with Crippen LogP contribution in [0, 0.1) is 0 Å². The Morgan fingerprint density at radius 3 is 2.65 bits per heavy atom. The molecular weight excluding hydrogens is 214 g/mol. The van der Waals surface area contributed by atoms with Crippen LogP contribution >= 0.6 is 0 Å². The first kappa shape index (κ1) is 9.92.